The fourth-order valence-corrected chi connectivity index (χ4v) is 2.06. The van der Waals surface area contributed by atoms with Gasteiger partial charge in [0, 0.05) is 24.6 Å². The van der Waals surface area contributed by atoms with E-state index in [1.54, 1.807) is 11.8 Å². The molecule has 1 aromatic rings. The summed E-state index contributed by atoms with van der Waals surface area (Å²) in [5, 5.41) is 11.9. The van der Waals surface area contributed by atoms with E-state index in [0.717, 1.165) is 18.0 Å². The minimum absolute atomic E-state index is 0.00534. The van der Waals surface area contributed by atoms with Crippen molar-refractivity contribution in [3.63, 3.8) is 0 Å². The first-order valence-electron chi connectivity index (χ1n) is 5.37. The van der Waals surface area contributed by atoms with Crippen molar-refractivity contribution in [1.29, 1.82) is 0 Å². The number of hydrogen-bond acceptors (Lipinski definition) is 4. The molecule has 1 rings (SSSR count). The number of pyridine rings is 1. The van der Waals surface area contributed by atoms with Crippen molar-refractivity contribution in [2.45, 2.75) is 18.6 Å². The van der Waals surface area contributed by atoms with Gasteiger partial charge in [-0.25, -0.2) is 4.98 Å². The third-order valence-corrected chi connectivity index (χ3v) is 3.02. The summed E-state index contributed by atoms with van der Waals surface area (Å²) in [6.45, 7) is 0.0266. The van der Waals surface area contributed by atoms with Crippen molar-refractivity contribution < 1.29 is 18.3 Å². The van der Waals surface area contributed by atoms with Gasteiger partial charge in [0.1, 0.15) is 5.82 Å². The normalized spacial score (nSPS) is 13.4. The summed E-state index contributed by atoms with van der Waals surface area (Å²) in [5.74, 6) is 1.14. The van der Waals surface area contributed by atoms with Crippen molar-refractivity contribution in [3.8, 4) is 0 Å². The molecule has 0 amide bonds. The zero-order valence-electron chi connectivity index (χ0n) is 9.87. The van der Waals surface area contributed by atoms with Crippen molar-refractivity contribution in [2.24, 2.45) is 0 Å². The predicted octanol–water partition coefficient (Wildman–Crippen LogP) is 2.63. The van der Waals surface area contributed by atoms with E-state index in [-0.39, 0.29) is 12.6 Å². The van der Waals surface area contributed by atoms with Crippen LogP contribution in [0.2, 0.25) is 0 Å². The van der Waals surface area contributed by atoms with E-state index in [9.17, 15) is 13.2 Å². The van der Waals surface area contributed by atoms with Crippen LogP contribution in [0.1, 0.15) is 12.0 Å². The molecule has 0 aliphatic heterocycles. The summed E-state index contributed by atoms with van der Waals surface area (Å²) in [4.78, 5) is 3.73. The number of halogens is 3. The van der Waals surface area contributed by atoms with Crippen LogP contribution in [0.4, 0.5) is 19.0 Å². The Hall–Kier alpha value is -0.950. The Morgan fingerprint density at radius 1 is 1.44 bits per heavy atom. The van der Waals surface area contributed by atoms with Gasteiger partial charge in [-0.1, -0.05) is 0 Å². The van der Waals surface area contributed by atoms with Crippen LogP contribution in [-0.2, 0) is 6.18 Å². The number of hydrogen-bond donors (Lipinski definition) is 2. The van der Waals surface area contributed by atoms with Crippen LogP contribution in [-0.4, -0.2) is 34.7 Å². The van der Waals surface area contributed by atoms with E-state index >= 15 is 0 Å². The third-order valence-electron chi connectivity index (χ3n) is 2.29. The molecule has 0 aliphatic rings. The van der Waals surface area contributed by atoms with Crippen LogP contribution in [0.15, 0.2) is 18.3 Å². The summed E-state index contributed by atoms with van der Waals surface area (Å²) >= 11 is 1.59. The molecule has 0 spiro atoms. The van der Waals surface area contributed by atoms with Crippen molar-refractivity contribution in [3.05, 3.63) is 23.9 Å². The lowest BCUT2D eigenvalue weighted by atomic mass is 10.2. The number of thioether (sulfide) groups is 1. The molecule has 2 N–H and O–H groups in total. The average Bonchev–Trinajstić information content (AvgIpc) is 2.29. The van der Waals surface area contributed by atoms with Gasteiger partial charge in [0.2, 0.25) is 0 Å². The monoisotopic (exact) mass is 280 g/mol. The molecule has 18 heavy (non-hydrogen) atoms. The largest absolute Gasteiger partial charge is 0.417 e. The second-order valence-corrected chi connectivity index (χ2v) is 4.65. The van der Waals surface area contributed by atoms with Crippen molar-refractivity contribution in [1.82, 2.24) is 4.98 Å². The number of aromatic nitrogens is 1. The standard InChI is InChI=1S/C11H15F3N2OS/c1-18-7-9(4-5-17)16-10-3-2-8(6-15-10)11(12,13)14/h2-3,6,9,17H,4-5,7H2,1H3,(H,15,16). The van der Waals surface area contributed by atoms with Gasteiger partial charge < -0.3 is 10.4 Å². The van der Waals surface area contributed by atoms with Gasteiger partial charge >= 0.3 is 6.18 Å². The highest BCUT2D eigenvalue weighted by Gasteiger charge is 2.30. The summed E-state index contributed by atoms with van der Waals surface area (Å²) in [6, 6.07) is 2.28. The molecule has 0 radical (unpaired) electrons. The Morgan fingerprint density at radius 2 is 2.17 bits per heavy atom. The Bertz CT molecular complexity index is 350. The molecular weight excluding hydrogens is 265 g/mol. The molecule has 1 aromatic heterocycles. The average molecular weight is 280 g/mol. The summed E-state index contributed by atoms with van der Waals surface area (Å²) in [5.41, 5.74) is -0.767. The number of aliphatic hydroxyl groups is 1. The fraction of sp³-hybridized carbons (Fsp3) is 0.545. The smallest absolute Gasteiger partial charge is 0.396 e. The Morgan fingerprint density at radius 3 is 2.61 bits per heavy atom. The molecule has 1 atom stereocenters. The first-order valence-corrected chi connectivity index (χ1v) is 6.76. The van der Waals surface area contributed by atoms with Crippen LogP contribution in [0.3, 0.4) is 0 Å². The molecule has 7 heteroatoms. The van der Waals surface area contributed by atoms with Crippen LogP contribution < -0.4 is 5.32 Å². The summed E-state index contributed by atoms with van der Waals surface area (Å²) in [6.07, 6.45) is -1.11. The Labute approximate surface area is 108 Å². The molecule has 102 valence electrons. The second-order valence-electron chi connectivity index (χ2n) is 3.74. The molecule has 0 fully saturated rings. The van der Waals surface area contributed by atoms with Gasteiger partial charge in [-0.3, -0.25) is 0 Å². The lowest BCUT2D eigenvalue weighted by molar-refractivity contribution is -0.137. The van der Waals surface area contributed by atoms with E-state index < -0.39 is 11.7 Å². The van der Waals surface area contributed by atoms with E-state index in [4.69, 9.17) is 5.11 Å². The molecule has 0 aliphatic carbocycles. The third kappa shape index (κ3) is 4.73. The summed E-state index contributed by atoms with van der Waals surface area (Å²) < 4.78 is 37.0. The highest BCUT2D eigenvalue weighted by atomic mass is 32.2. The van der Waals surface area contributed by atoms with E-state index in [0.29, 0.717) is 12.2 Å². The van der Waals surface area contributed by atoms with Crippen LogP contribution in [0.5, 0.6) is 0 Å². The van der Waals surface area contributed by atoms with E-state index in [1.807, 2.05) is 6.26 Å². The Kier molecular flexibility index (Phi) is 5.74. The fourth-order valence-electron chi connectivity index (χ4n) is 1.41. The SMILES string of the molecule is CSCC(CCO)Nc1ccc(C(F)(F)F)cn1. The zero-order valence-corrected chi connectivity index (χ0v) is 10.7. The quantitative estimate of drug-likeness (QED) is 0.841. The van der Waals surface area contributed by atoms with Gasteiger partial charge in [0.25, 0.3) is 0 Å². The highest BCUT2D eigenvalue weighted by Crippen LogP contribution is 2.28. The maximum atomic E-state index is 12.3. The predicted molar refractivity (Wildman–Crippen MR) is 66.7 cm³/mol. The van der Waals surface area contributed by atoms with Gasteiger partial charge in [0.05, 0.1) is 5.56 Å². The number of nitrogens with one attached hydrogen (secondary N) is 1. The van der Waals surface area contributed by atoms with Crippen LogP contribution >= 0.6 is 11.8 Å². The minimum Gasteiger partial charge on any atom is -0.396 e. The first kappa shape index (κ1) is 15.1. The van der Waals surface area contributed by atoms with Crippen molar-refractivity contribution in [2.75, 3.05) is 23.9 Å². The first-order chi connectivity index (χ1) is 8.47. The van der Waals surface area contributed by atoms with Gasteiger partial charge in [0.15, 0.2) is 0 Å². The second kappa shape index (κ2) is 6.84. The Balaban J connectivity index is 2.67. The number of nitrogens with zero attached hydrogens (tertiary/aromatic N) is 1. The maximum absolute atomic E-state index is 12.3. The van der Waals surface area contributed by atoms with Crippen LogP contribution in [0, 0.1) is 0 Å². The molecule has 0 bridgehead atoms. The van der Waals surface area contributed by atoms with Crippen molar-refractivity contribution >= 4 is 17.6 Å². The molecule has 1 unspecified atom stereocenters. The van der Waals surface area contributed by atoms with Gasteiger partial charge in [-0.05, 0) is 24.8 Å². The van der Waals surface area contributed by atoms with E-state index in [1.165, 1.54) is 6.07 Å². The minimum atomic E-state index is -4.37. The number of alkyl halides is 3. The van der Waals surface area contributed by atoms with Gasteiger partial charge in [-0.2, -0.15) is 24.9 Å². The molecule has 0 saturated heterocycles. The molecule has 0 saturated carbocycles. The number of aliphatic hydroxyl groups excluding tert-OH is 1. The number of rotatable bonds is 6. The molecular formula is C11H15F3N2OS. The zero-order chi connectivity index (χ0) is 13.6. The molecule has 0 aromatic carbocycles. The molecule has 1 heterocycles. The highest BCUT2D eigenvalue weighted by molar-refractivity contribution is 7.98. The van der Waals surface area contributed by atoms with Crippen LogP contribution in [0.25, 0.3) is 0 Å². The van der Waals surface area contributed by atoms with Gasteiger partial charge in [-0.15, -0.1) is 0 Å². The molecule has 3 nitrogen and oxygen atoms in total. The lowest BCUT2D eigenvalue weighted by Crippen LogP contribution is -2.24. The maximum Gasteiger partial charge on any atom is 0.417 e. The van der Waals surface area contributed by atoms with E-state index in [2.05, 4.69) is 10.3 Å². The lowest BCUT2D eigenvalue weighted by Gasteiger charge is -2.17. The topological polar surface area (TPSA) is 45.1 Å². The summed E-state index contributed by atoms with van der Waals surface area (Å²) in [7, 11) is 0. The number of anilines is 1.